The second kappa shape index (κ2) is 8.32. The second-order valence-electron chi connectivity index (χ2n) is 5.63. The summed E-state index contributed by atoms with van der Waals surface area (Å²) in [4.78, 5) is 2.47. The fourth-order valence-electron chi connectivity index (χ4n) is 2.70. The van der Waals surface area contributed by atoms with Crippen molar-refractivity contribution in [3.8, 4) is 0 Å². The van der Waals surface area contributed by atoms with Crippen molar-refractivity contribution in [3.63, 3.8) is 0 Å². The van der Waals surface area contributed by atoms with Crippen LogP contribution in [0.1, 0.15) is 31.9 Å². The Morgan fingerprint density at radius 2 is 1.90 bits per heavy atom. The summed E-state index contributed by atoms with van der Waals surface area (Å²) in [6.45, 7) is 8.56. The standard InChI is InChI=1S/C15H22BrFN2.ClH/c1-11(2)7-15(19-5-3-18-4-6-19)12-8-13(16)10-14(17)9-12;/h8-11,15,18H,3-7H2,1-2H3;1H/t15-;/m1./s1. The van der Waals surface area contributed by atoms with E-state index < -0.39 is 0 Å². The molecule has 1 saturated heterocycles. The number of hydrogen-bond donors (Lipinski definition) is 1. The van der Waals surface area contributed by atoms with Crippen molar-refractivity contribution in [2.24, 2.45) is 5.92 Å². The Balaban J connectivity index is 0.00000200. The maximum Gasteiger partial charge on any atom is 0.124 e. The van der Waals surface area contributed by atoms with Crippen molar-refractivity contribution in [1.82, 2.24) is 10.2 Å². The summed E-state index contributed by atoms with van der Waals surface area (Å²) < 4.78 is 14.5. The quantitative estimate of drug-likeness (QED) is 0.867. The molecule has 1 aromatic carbocycles. The van der Waals surface area contributed by atoms with Crippen LogP contribution < -0.4 is 5.32 Å². The van der Waals surface area contributed by atoms with Crippen LogP contribution in [0.4, 0.5) is 4.39 Å². The van der Waals surface area contributed by atoms with E-state index in [0.29, 0.717) is 12.0 Å². The van der Waals surface area contributed by atoms with Crippen molar-refractivity contribution in [2.45, 2.75) is 26.3 Å². The van der Waals surface area contributed by atoms with Gasteiger partial charge in [0.2, 0.25) is 0 Å². The van der Waals surface area contributed by atoms with Crippen molar-refractivity contribution < 1.29 is 4.39 Å². The van der Waals surface area contributed by atoms with E-state index in [-0.39, 0.29) is 18.2 Å². The summed E-state index contributed by atoms with van der Waals surface area (Å²) in [5, 5.41) is 3.37. The molecule has 1 N–H and O–H groups in total. The van der Waals surface area contributed by atoms with Crippen LogP contribution in [0, 0.1) is 11.7 Å². The zero-order valence-corrected chi connectivity index (χ0v) is 14.4. The Morgan fingerprint density at radius 1 is 1.25 bits per heavy atom. The smallest absolute Gasteiger partial charge is 0.124 e. The highest BCUT2D eigenvalue weighted by Crippen LogP contribution is 2.30. The summed E-state index contributed by atoms with van der Waals surface area (Å²) in [7, 11) is 0. The third-order valence-electron chi connectivity index (χ3n) is 3.56. The Labute approximate surface area is 135 Å². The van der Waals surface area contributed by atoms with E-state index in [1.807, 2.05) is 0 Å². The van der Waals surface area contributed by atoms with Gasteiger partial charge in [0.25, 0.3) is 0 Å². The lowest BCUT2D eigenvalue weighted by Crippen LogP contribution is -2.45. The molecule has 20 heavy (non-hydrogen) atoms. The van der Waals surface area contributed by atoms with Crippen LogP contribution in [-0.4, -0.2) is 31.1 Å². The lowest BCUT2D eigenvalue weighted by atomic mass is 9.95. The molecule has 2 rings (SSSR count). The molecule has 1 atom stereocenters. The average Bonchev–Trinajstić information content (AvgIpc) is 2.35. The van der Waals surface area contributed by atoms with Gasteiger partial charge in [-0.3, -0.25) is 4.90 Å². The fraction of sp³-hybridized carbons (Fsp3) is 0.600. The Bertz CT molecular complexity index is 402. The first-order valence-electron chi connectivity index (χ1n) is 6.97. The molecule has 1 heterocycles. The summed E-state index contributed by atoms with van der Waals surface area (Å²) in [5.41, 5.74) is 1.09. The largest absolute Gasteiger partial charge is 0.314 e. The van der Waals surface area contributed by atoms with Crippen LogP contribution in [0.5, 0.6) is 0 Å². The highest BCUT2D eigenvalue weighted by atomic mass is 79.9. The van der Waals surface area contributed by atoms with Gasteiger partial charge >= 0.3 is 0 Å². The van der Waals surface area contributed by atoms with Crippen LogP contribution in [0.3, 0.4) is 0 Å². The zero-order chi connectivity index (χ0) is 13.8. The molecule has 1 aliphatic rings. The Hall–Kier alpha value is -0.160. The first-order valence-corrected chi connectivity index (χ1v) is 7.76. The van der Waals surface area contributed by atoms with Crippen molar-refractivity contribution in [2.75, 3.05) is 26.2 Å². The van der Waals surface area contributed by atoms with Crippen LogP contribution in [-0.2, 0) is 0 Å². The van der Waals surface area contributed by atoms with Gasteiger partial charge in [-0.1, -0.05) is 29.8 Å². The SMILES string of the molecule is CC(C)C[C@H](c1cc(F)cc(Br)c1)N1CCNCC1.Cl. The Morgan fingerprint density at radius 3 is 2.45 bits per heavy atom. The molecule has 0 radical (unpaired) electrons. The van der Waals surface area contributed by atoms with Gasteiger partial charge in [0.1, 0.15) is 5.82 Å². The molecular formula is C15H23BrClFN2. The maximum atomic E-state index is 13.6. The third kappa shape index (κ3) is 4.99. The van der Waals surface area contributed by atoms with Crippen LogP contribution in [0.15, 0.2) is 22.7 Å². The molecule has 2 nitrogen and oxygen atoms in total. The molecule has 0 saturated carbocycles. The molecular weight excluding hydrogens is 343 g/mol. The molecule has 0 spiro atoms. The Kier molecular flexibility index (Phi) is 7.45. The van der Waals surface area contributed by atoms with Crippen molar-refractivity contribution >= 4 is 28.3 Å². The average molecular weight is 366 g/mol. The molecule has 0 unspecified atom stereocenters. The number of piperazine rings is 1. The number of rotatable bonds is 4. The van der Waals surface area contributed by atoms with Gasteiger partial charge in [-0.25, -0.2) is 4.39 Å². The van der Waals surface area contributed by atoms with E-state index in [1.165, 1.54) is 6.07 Å². The van der Waals surface area contributed by atoms with Gasteiger partial charge in [0, 0.05) is 36.7 Å². The second-order valence-corrected chi connectivity index (χ2v) is 6.55. The van der Waals surface area contributed by atoms with Gasteiger partial charge in [-0.05, 0) is 36.1 Å². The number of halogens is 3. The highest BCUT2D eigenvalue weighted by molar-refractivity contribution is 9.10. The molecule has 0 aromatic heterocycles. The molecule has 1 aliphatic heterocycles. The summed E-state index contributed by atoms with van der Waals surface area (Å²) in [6.07, 6.45) is 1.07. The first kappa shape index (κ1) is 17.9. The van der Waals surface area contributed by atoms with E-state index in [1.54, 1.807) is 6.07 Å². The summed E-state index contributed by atoms with van der Waals surface area (Å²) in [5.74, 6) is 0.440. The third-order valence-corrected chi connectivity index (χ3v) is 4.01. The minimum atomic E-state index is -0.159. The number of nitrogens with zero attached hydrogens (tertiary/aromatic N) is 1. The molecule has 1 aromatic rings. The number of nitrogens with one attached hydrogen (secondary N) is 1. The minimum absolute atomic E-state index is 0. The lowest BCUT2D eigenvalue weighted by molar-refractivity contribution is 0.154. The zero-order valence-electron chi connectivity index (χ0n) is 12.0. The molecule has 114 valence electrons. The fourth-order valence-corrected chi connectivity index (χ4v) is 3.19. The van der Waals surface area contributed by atoms with Gasteiger partial charge < -0.3 is 5.32 Å². The van der Waals surface area contributed by atoms with Crippen LogP contribution in [0.2, 0.25) is 0 Å². The number of hydrogen-bond acceptors (Lipinski definition) is 2. The summed E-state index contributed by atoms with van der Waals surface area (Å²) >= 11 is 3.40. The molecule has 0 aliphatic carbocycles. The van der Waals surface area contributed by atoms with Gasteiger partial charge in [-0.2, -0.15) is 0 Å². The molecule has 5 heteroatoms. The van der Waals surface area contributed by atoms with Crippen LogP contribution >= 0.6 is 28.3 Å². The molecule has 0 amide bonds. The van der Waals surface area contributed by atoms with E-state index >= 15 is 0 Å². The number of benzene rings is 1. The van der Waals surface area contributed by atoms with E-state index in [4.69, 9.17) is 0 Å². The molecule has 1 fully saturated rings. The van der Waals surface area contributed by atoms with E-state index in [2.05, 4.69) is 46.1 Å². The normalized spacial score (nSPS) is 17.9. The van der Waals surface area contributed by atoms with Gasteiger partial charge in [0.05, 0.1) is 0 Å². The monoisotopic (exact) mass is 364 g/mol. The van der Waals surface area contributed by atoms with E-state index in [0.717, 1.165) is 42.6 Å². The first-order chi connectivity index (χ1) is 9.06. The highest BCUT2D eigenvalue weighted by Gasteiger charge is 2.23. The predicted octanol–water partition coefficient (Wildman–Crippen LogP) is 4.00. The maximum absolute atomic E-state index is 13.6. The predicted molar refractivity (Wildman–Crippen MR) is 88.0 cm³/mol. The summed E-state index contributed by atoms with van der Waals surface area (Å²) in [6, 6.07) is 5.57. The van der Waals surface area contributed by atoms with Crippen molar-refractivity contribution in [3.05, 3.63) is 34.1 Å². The van der Waals surface area contributed by atoms with Crippen LogP contribution in [0.25, 0.3) is 0 Å². The van der Waals surface area contributed by atoms with Crippen molar-refractivity contribution in [1.29, 1.82) is 0 Å². The van der Waals surface area contributed by atoms with E-state index in [9.17, 15) is 4.39 Å². The van der Waals surface area contributed by atoms with Gasteiger partial charge in [0.15, 0.2) is 0 Å². The topological polar surface area (TPSA) is 15.3 Å². The lowest BCUT2D eigenvalue weighted by Gasteiger charge is -2.36. The van der Waals surface area contributed by atoms with Gasteiger partial charge in [-0.15, -0.1) is 12.4 Å². The minimum Gasteiger partial charge on any atom is -0.314 e. The molecule has 0 bridgehead atoms.